The molecule has 0 spiro atoms. The first kappa shape index (κ1) is 20.4. The molecule has 2 fully saturated rings. The highest BCUT2D eigenvalue weighted by Gasteiger charge is 2.15. The van der Waals surface area contributed by atoms with E-state index in [-0.39, 0.29) is 0 Å². The van der Waals surface area contributed by atoms with Gasteiger partial charge in [0.1, 0.15) is 0 Å². The number of likely N-dealkylation sites (N-methyl/N-ethyl adjacent to an activating group) is 1. The minimum atomic E-state index is 0.321. The van der Waals surface area contributed by atoms with Gasteiger partial charge in [0, 0.05) is 66.1 Å². The number of hydrogen-bond donors (Lipinski definition) is 2. The highest BCUT2D eigenvalue weighted by Crippen LogP contribution is 2.11. The summed E-state index contributed by atoms with van der Waals surface area (Å²) in [6.07, 6.45) is 3.61. The first-order valence-corrected chi connectivity index (χ1v) is 9.90. The molecule has 1 unspecified atom stereocenters. The van der Waals surface area contributed by atoms with Crippen LogP contribution < -0.4 is 10.6 Å². The Morgan fingerprint density at radius 1 is 1.16 bits per heavy atom. The number of ether oxygens (including phenoxy) is 2. The summed E-state index contributed by atoms with van der Waals surface area (Å²) in [5, 5.41) is 6.75. The zero-order valence-corrected chi connectivity index (χ0v) is 16.1. The van der Waals surface area contributed by atoms with Crippen LogP contribution in [-0.2, 0) is 9.47 Å². The molecule has 1 atom stereocenters. The van der Waals surface area contributed by atoms with Gasteiger partial charge in [0.05, 0.1) is 12.7 Å². The van der Waals surface area contributed by atoms with E-state index >= 15 is 0 Å². The standard InChI is InChI=1S/C18H37N5O2/c1-3-22-10-12-23(13-11-22)9-8-21-18(19-2)20-7-5-14-24-16-17-6-4-15-25-17/h17H,3-16H2,1-2H3,(H2,19,20,21). The average molecular weight is 356 g/mol. The molecule has 25 heavy (non-hydrogen) atoms. The van der Waals surface area contributed by atoms with Gasteiger partial charge in [-0.25, -0.2) is 0 Å². The molecule has 0 aromatic heterocycles. The largest absolute Gasteiger partial charge is 0.379 e. The summed E-state index contributed by atoms with van der Waals surface area (Å²) in [7, 11) is 1.82. The molecule has 0 bridgehead atoms. The normalized spacial score (nSPS) is 23.1. The Labute approximate surface area is 153 Å². The zero-order chi connectivity index (χ0) is 17.7. The summed E-state index contributed by atoms with van der Waals surface area (Å²) in [5.74, 6) is 0.881. The molecule has 0 aliphatic carbocycles. The summed E-state index contributed by atoms with van der Waals surface area (Å²) in [4.78, 5) is 9.31. The third kappa shape index (κ3) is 8.35. The van der Waals surface area contributed by atoms with Crippen molar-refractivity contribution < 1.29 is 9.47 Å². The van der Waals surface area contributed by atoms with Crippen LogP contribution in [0.2, 0.25) is 0 Å². The maximum Gasteiger partial charge on any atom is 0.191 e. The Morgan fingerprint density at radius 2 is 1.92 bits per heavy atom. The first-order chi connectivity index (χ1) is 12.3. The van der Waals surface area contributed by atoms with Gasteiger partial charge in [-0.1, -0.05) is 6.92 Å². The van der Waals surface area contributed by atoms with Gasteiger partial charge in [-0.2, -0.15) is 0 Å². The number of piperazine rings is 1. The fraction of sp³-hybridized carbons (Fsp3) is 0.944. The van der Waals surface area contributed by atoms with Crippen molar-refractivity contribution in [3.63, 3.8) is 0 Å². The van der Waals surface area contributed by atoms with E-state index in [1.807, 2.05) is 7.05 Å². The zero-order valence-electron chi connectivity index (χ0n) is 16.1. The Hall–Kier alpha value is -0.890. The number of hydrogen-bond acceptors (Lipinski definition) is 5. The fourth-order valence-electron chi connectivity index (χ4n) is 3.25. The number of guanidine groups is 1. The maximum absolute atomic E-state index is 5.68. The van der Waals surface area contributed by atoms with Crippen LogP contribution in [-0.4, -0.2) is 101 Å². The SMILES string of the molecule is CCN1CCN(CCNC(=NC)NCCCOCC2CCCO2)CC1. The summed E-state index contributed by atoms with van der Waals surface area (Å²) in [5.41, 5.74) is 0. The Morgan fingerprint density at radius 3 is 2.60 bits per heavy atom. The second-order valence-corrected chi connectivity index (χ2v) is 6.77. The molecule has 2 heterocycles. The van der Waals surface area contributed by atoms with E-state index < -0.39 is 0 Å². The predicted octanol–water partition coefficient (Wildman–Crippen LogP) is 0.375. The van der Waals surface area contributed by atoms with Crippen molar-refractivity contribution in [2.45, 2.75) is 32.3 Å². The smallest absolute Gasteiger partial charge is 0.191 e. The second kappa shape index (κ2) is 12.5. The molecule has 0 aromatic rings. The highest BCUT2D eigenvalue weighted by molar-refractivity contribution is 5.79. The van der Waals surface area contributed by atoms with Crippen LogP contribution in [0.25, 0.3) is 0 Å². The molecular formula is C18H37N5O2. The second-order valence-electron chi connectivity index (χ2n) is 6.77. The molecule has 7 heteroatoms. The van der Waals surface area contributed by atoms with Gasteiger partial charge in [0.25, 0.3) is 0 Å². The molecule has 0 amide bonds. The monoisotopic (exact) mass is 355 g/mol. The van der Waals surface area contributed by atoms with E-state index in [1.165, 1.54) is 39.1 Å². The van der Waals surface area contributed by atoms with Crippen LogP contribution in [0, 0.1) is 0 Å². The quantitative estimate of drug-likeness (QED) is 0.336. The average Bonchev–Trinajstić information content (AvgIpc) is 3.17. The molecule has 2 aliphatic rings. The molecule has 0 aromatic carbocycles. The van der Waals surface area contributed by atoms with Gasteiger partial charge in [0.15, 0.2) is 5.96 Å². The van der Waals surface area contributed by atoms with Crippen molar-refractivity contribution in [2.75, 3.05) is 79.2 Å². The van der Waals surface area contributed by atoms with Crippen LogP contribution in [0.3, 0.4) is 0 Å². The van der Waals surface area contributed by atoms with Gasteiger partial charge >= 0.3 is 0 Å². The minimum absolute atomic E-state index is 0.321. The van der Waals surface area contributed by atoms with Crippen LogP contribution in [0.1, 0.15) is 26.2 Å². The topological polar surface area (TPSA) is 61.4 Å². The molecule has 2 saturated heterocycles. The molecule has 146 valence electrons. The third-order valence-corrected chi connectivity index (χ3v) is 4.94. The van der Waals surface area contributed by atoms with Crippen molar-refractivity contribution in [2.24, 2.45) is 4.99 Å². The van der Waals surface area contributed by atoms with E-state index in [4.69, 9.17) is 9.47 Å². The summed E-state index contributed by atoms with van der Waals surface area (Å²) in [6.45, 7) is 13.4. The van der Waals surface area contributed by atoms with E-state index in [1.54, 1.807) is 0 Å². The Kier molecular flexibility index (Phi) is 10.2. The lowest BCUT2D eigenvalue weighted by Gasteiger charge is -2.34. The first-order valence-electron chi connectivity index (χ1n) is 9.90. The van der Waals surface area contributed by atoms with Gasteiger partial charge in [-0.05, 0) is 25.8 Å². The minimum Gasteiger partial charge on any atom is -0.379 e. The van der Waals surface area contributed by atoms with E-state index in [0.29, 0.717) is 6.10 Å². The number of aliphatic imine (C=N–C) groups is 1. The molecule has 0 saturated carbocycles. The third-order valence-electron chi connectivity index (χ3n) is 4.94. The molecule has 2 rings (SSSR count). The van der Waals surface area contributed by atoms with Crippen molar-refractivity contribution in [3.05, 3.63) is 0 Å². The van der Waals surface area contributed by atoms with Crippen LogP contribution >= 0.6 is 0 Å². The van der Waals surface area contributed by atoms with Gasteiger partial charge in [-0.3, -0.25) is 9.89 Å². The fourth-order valence-corrected chi connectivity index (χ4v) is 3.25. The van der Waals surface area contributed by atoms with Crippen molar-refractivity contribution in [1.82, 2.24) is 20.4 Å². The Balaban J connectivity index is 1.44. The van der Waals surface area contributed by atoms with Gasteiger partial charge in [-0.15, -0.1) is 0 Å². The predicted molar refractivity (Wildman–Crippen MR) is 102 cm³/mol. The van der Waals surface area contributed by atoms with Gasteiger partial charge < -0.3 is 25.0 Å². The molecule has 7 nitrogen and oxygen atoms in total. The van der Waals surface area contributed by atoms with Crippen LogP contribution in [0.5, 0.6) is 0 Å². The molecule has 2 N–H and O–H groups in total. The molecular weight excluding hydrogens is 318 g/mol. The van der Waals surface area contributed by atoms with Gasteiger partial charge in [0.2, 0.25) is 0 Å². The lowest BCUT2D eigenvalue weighted by Crippen LogP contribution is -2.49. The van der Waals surface area contributed by atoms with Crippen molar-refractivity contribution in [1.29, 1.82) is 0 Å². The number of nitrogens with zero attached hydrogens (tertiary/aromatic N) is 3. The summed E-state index contributed by atoms with van der Waals surface area (Å²) >= 11 is 0. The number of nitrogens with one attached hydrogen (secondary N) is 2. The van der Waals surface area contributed by atoms with Crippen molar-refractivity contribution in [3.8, 4) is 0 Å². The van der Waals surface area contributed by atoms with Crippen LogP contribution in [0.15, 0.2) is 4.99 Å². The molecule has 0 radical (unpaired) electrons. The summed E-state index contributed by atoms with van der Waals surface area (Å²) in [6, 6.07) is 0. The van der Waals surface area contributed by atoms with E-state index in [2.05, 4.69) is 32.3 Å². The lowest BCUT2D eigenvalue weighted by atomic mass is 10.2. The number of rotatable bonds is 10. The highest BCUT2D eigenvalue weighted by atomic mass is 16.5. The molecule has 2 aliphatic heterocycles. The van der Waals surface area contributed by atoms with E-state index in [9.17, 15) is 0 Å². The Bertz CT molecular complexity index is 366. The summed E-state index contributed by atoms with van der Waals surface area (Å²) < 4.78 is 11.2. The van der Waals surface area contributed by atoms with E-state index in [0.717, 1.165) is 58.3 Å². The lowest BCUT2D eigenvalue weighted by molar-refractivity contribution is 0.0168. The van der Waals surface area contributed by atoms with Crippen molar-refractivity contribution >= 4 is 5.96 Å². The van der Waals surface area contributed by atoms with Crippen LogP contribution in [0.4, 0.5) is 0 Å². The maximum atomic E-state index is 5.68.